The number of nitrogens with two attached hydrogens (primary N) is 1. The maximum Gasteiger partial charge on any atom is 0.254 e. The highest BCUT2D eigenvalue weighted by Gasteiger charge is 2.20. The van der Waals surface area contributed by atoms with Gasteiger partial charge in [-0.3, -0.25) is 9.78 Å². The van der Waals surface area contributed by atoms with Crippen molar-refractivity contribution in [2.75, 3.05) is 33.2 Å². The van der Waals surface area contributed by atoms with E-state index in [-0.39, 0.29) is 18.3 Å². The fraction of sp³-hybridized carbons (Fsp3) is 0.500. The van der Waals surface area contributed by atoms with E-state index in [0.29, 0.717) is 12.1 Å². The molecule has 1 fully saturated rings. The van der Waals surface area contributed by atoms with Crippen LogP contribution in [0.3, 0.4) is 0 Å². The quantitative estimate of drug-likeness (QED) is 0.842. The van der Waals surface area contributed by atoms with Crippen LogP contribution in [0.1, 0.15) is 16.1 Å². The molecule has 0 atom stereocenters. The number of nitrogens with zero attached hydrogens (tertiary/aromatic N) is 3. The first-order valence-corrected chi connectivity index (χ1v) is 5.83. The van der Waals surface area contributed by atoms with Gasteiger partial charge in [0, 0.05) is 44.5 Å². The molecule has 0 aliphatic carbocycles. The average molecular weight is 271 g/mol. The van der Waals surface area contributed by atoms with Gasteiger partial charge < -0.3 is 15.5 Å². The summed E-state index contributed by atoms with van der Waals surface area (Å²) in [5, 5.41) is 0. The van der Waals surface area contributed by atoms with E-state index in [0.717, 1.165) is 31.9 Å². The van der Waals surface area contributed by atoms with Crippen molar-refractivity contribution >= 4 is 18.3 Å². The van der Waals surface area contributed by atoms with Crippen molar-refractivity contribution < 1.29 is 4.79 Å². The highest BCUT2D eigenvalue weighted by atomic mass is 35.5. The minimum absolute atomic E-state index is 0. The predicted octanol–water partition coefficient (Wildman–Crippen LogP) is 0.350. The van der Waals surface area contributed by atoms with E-state index >= 15 is 0 Å². The summed E-state index contributed by atoms with van der Waals surface area (Å²) in [6, 6.07) is 3.53. The van der Waals surface area contributed by atoms with Gasteiger partial charge in [0.15, 0.2) is 0 Å². The monoisotopic (exact) mass is 270 g/mol. The zero-order chi connectivity index (χ0) is 12.3. The molecule has 0 bridgehead atoms. The number of halogens is 1. The van der Waals surface area contributed by atoms with Crippen LogP contribution in [0.5, 0.6) is 0 Å². The summed E-state index contributed by atoms with van der Waals surface area (Å²) in [7, 11) is 2.07. The molecule has 2 heterocycles. The van der Waals surface area contributed by atoms with E-state index < -0.39 is 0 Å². The van der Waals surface area contributed by atoms with Crippen LogP contribution in [0, 0.1) is 0 Å². The minimum Gasteiger partial charge on any atom is -0.336 e. The predicted molar refractivity (Wildman–Crippen MR) is 72.8 cm³/mol. The second kappa shape index (κ2) is 6.68. The molecule has 0 unspecified atom stereocenters. The first kappa shape index (κ1) is 14.9. The molecule has 1 saturated heterocycles. The van der Waals surface area contributed by atoms with Gasteiger partial charge in [0.2, 0.25) is 0 Å². The van der Waals surface area contributed by atoms with Crippen molar-refractivity contribution in [3.63, 3.8) is 0 Å². The maximum absolute atomic E-state index is 12.2. The zero-order valence-electron chi connectivity index (χ0n) is 10.5. The molecule has 0 aromatic carbocycles. The van der Waals surface area contributed by atoms with Crippen LogP contribution in [0.15, 0.2) is 18.3 Å². The van der Waals surface area contributed by atoms with E-state index in [1.54, 1.807) is 18.3 Å². The van der Waals surface area contributed by atoms with Gasteiger partial charge >= 0.3 is 0 Å². The van der Waals surface area contributed by atoms with Crippen molar-refractivity contribution in [3.8, 4) is 0 Å². The van der Waals surface area contributed by atoms with E-state index in [1.807, 2.05) is 4.90 Å². The van der Waals surface area contributed by atoms with Gasteiger partial charge in [0.1, 0.15) is 0 Å². The molecule has 1 amide bonds. The normalized spacial score (nSPS) is 16.2. The lowest BCUT2D eigenvalue weighted by Gasteiger charge is -2.32. The first-order chi connectivity index (χ1) is 8.20. The summed E-state index contributed by atoms with van der Waals surface area (Å²) in [4.78, 5) is 20.4. The second-order valence-electron chi connectivity index (χ2n) is 4.34. The number of hydrogen-bond donors (Lipinski definition) is 1. The molecule has 0 spiro atoms. The molecule has 1 aromatic rings. The zero-order valence-corrected chi connectivity index (χ0v) is 11.3. The largest absolute Gasteiger partial charge is 0.336 e. The number of piperazine rings is 1. The second-order valence-corrected chi connectivity index (χ2v) is 4.34. The fourth-order valence-electron chi connectivity index (χ4n) is 1.91. The lowest BCUT2D eigenvalue weighted by Crippen LogP contribution is -2.47. The third-order valence-corrected chi connectivity index (χ3v) is 3.06. The van der Waals surface area contributed by atoms with Crippen LogP contribution in [0.4, 0.5) is 0 Å². The van der Waals surface area contributed by atoms with Crippen molar-refractivity contribution in [2.24, 2.45) is 5.73 Å². The SMILES string of the molecule is CN1CCN(C(=O)c2ccnc(CN)c2)CC1.Cl. The van der Waals surface area contributed by atoms with Gasteiger partial charge in [-0.2, -0.15) is 0 Å². The van der Waals surface area contributed by atoms with Crippen LogP contribution in [-0.4, -0.2) is 53.9 Å². The number of rotatable bonds is 2. The maximum atomic E-state index is 12.2. The number of likely N-dealkylation sites (N-methyl/N-ethyl adjacent to an activating group) is 1. The summed E-state index contributed by atoms with van der Waals surface area (Å²) in [5.74, 6) is 0.0789. The van der Waals surface area contributed by atoms with E-state index in [1.165, 1.54) is 0 Å². The molecule has 2 N–H and O–H groups in total. The number of pyridine rings is 1. The topological polar surface area (TPSA) is 62.5 Å². The number of carbonyl (C=O) groups is 1. The third kappa shape index (κ3) is 3.41. The number of hydrogen-bond acceptors (Lipinski definition) is 4. The number of amides is 1. The Morgan fingerprint density at radius 1 is 1.39 bits per heavy atom. The van der Waals surface area contributed by atoms with Gasteiger partial charge in [-0.15, -0.1) is 12.4 Å². The van der Waals surface area contributed by atoms with Crippen LogP contribution in [-0.2, 0) is 6.54 Å². The Hall–Kier alpha value is -1.17. The Labute approximate surface area is 113 Å². The molecule has 0 saturated carbocycles. The molecule has 18 heavy (non-hydrogen) atoms. The average Bonchev–Trinajstić information content (AvgIpc) is 2.39. The third-order valence-electron chi connectivity index (χ3n) is 3.06. The summed E-state index contributed by atoms with van der Waals surface area (Å²) in [6.07, 6.45) is 1.64. The Kier molecular flexibility index (Phi) is 5.53. The molecule has 5 nitrogen and oxygen atoms in total. The summed E-state index contributed by atoms with van der Waals surface area (Å²) in [5.41, 5.74) is 6.96. The van der Waals surface area contributed by atoms with E-state index in [2.05, 4.69) is 16.9 Å². The molecule has 2 rings (SSSR count). The van der Waals surface area contributed by atoms with Gasteiger partial charge in [-0.05, 0) is 19.2 Å². The van der Waals surface area contributed by atoms with E-state index in [4.69, 9.17) is 5.73 Å². The number of aromatic nitrogens is 1. The highest BCUT2D eigenvalue weighted by Crippen LogP contribution is 2.08. The molecule has 1 aromatic heterocycles. The molecule has 1 aliphatic heterocycles. The van der Waals surface area contributed by atoms with Crippen molar-refractivity contribution in [3.05, 3.63) is 29.6 Å². The molecular weight excluding hydrogens is 252 g/mol. The summed E-state index contributed by atoms with van der Waals surface area (Å²) in [6.45, 7) is 3.80. The van der Waals surface area contributed by atoms with Gasteiger partial charge in [-0.25, -0.2) is 0 Å². The lowest BCUT2D eigenvalue weighted by molar-refractivity contribution is 0.0664. The minimum atomic E-state index is 0. The van der Waals surface area contributed by atoms with E-state index in [9.17, 15) is 4.79 Å². The van der Waals surface area contributed by atoms with Crippen LogP contribution in [0.25, 0.3) is 0 Å². The lowest BCUT2D eigenvalue weighted by atomic mass is 10.2. The van der Waals surface area contributed by atoms with Gasteiger partial charge in [0.25, 0.3) is 5.91 Å². The molecular formula is C12H19ClN4O. The van der Waals surface area contributed by atoms with Crippen molar-refractivity contribution in [2.45, 2.75) is 6.54 Å². The van der Waals surface area contributed by atoms with Crippen LogP contribution >= 0.6 is 12.4 Å². The molecule has 1 aliphatic rings. The Morgan fingerprint density at radius 2 is 2.06 bits per heavy atom. The highest BCUT2D eigenvalue weighted by molar-refractivity contribution is 5.94. The summed E-state index contributed by atoms with van der Waals surface area (Å²) >= 11 is 0. The smallest absolute Gasteiger partial charge is 0.254 e. The molecule has 0 radical (unpaired) electrons. The van der Waals surface area contributed by atoms with Crippen molar-refractivity contribution in [1.82, 2.24) is 14.8 Å². The molecule has 6 heteroatoms. The first-order valence-electron chi connectivity index (χ1n) is 5.83. The Balaban J connectivity index is 0.00000162. The van der Waals surface area contributed by atoms with Crippen molar-refractivity contribution in [1.29, 1.82) is 0 Å². The van der Waals surface area contributed by atoms with Gasteiger partial charge in [-0.1, -0.05) is 0 Å². The fourth-order valence-corrected chi connectivity index (χ4v) is 1.91. The Morgan fingerprint density at radius 3 is 2.67 bits per heavy atom. The van der Waals surface area contributed by atoms with Gasteiger partial charge in [0.05, 0.1) is 5.69 Å². The van der Waals surface area contributed by atoms with Crippen LogP contribution < -0.4 is 5.73 Å². The standard InChI is InChI=1S/C12H18N4O.ClH/c1-15-4-6-16(7-5-15)12(17)10-2-3-14-11(8-10)9-13;/h2-3,8H,4-7,9,13H2,1H3;1H. The van der Waals surface area contributed by atoms with Crippen LogP contribution in [0.2, 0.25) is 0 Å². The molecule has 100 valence electrons. The number of carbonyl (C=O) groups excluding carboxylic acids is 1. The Bertz CT molecular complexity index is 405. The summed E-state index contributed by atoms with van der Waals surface area (Å²) < 4.78 is 0.